The summed E-state index contributed by atoms with van der Waals surface area (Å²) < 4.78 is 5.09. The molecular weight excluding hydrogens is 224 g/mol. The first-order chi connectivity index (χ1) is 7.93. The molecule has 0 aromatic carbocycles. The van der Waals surface area contributed by atoms with Crippen LogP contribution in [0.2, 0.25) is 0 Å². The number of morpholine rings is 1. The van der Waals surface area contributed by atoms with Crippen LogP contribution in [0.4, 0.5) is 4.79 Å². The maximum atomic E-state index is 12.1. The molecule has 0 bridgehead atoms. The first-order valence-electron chi connectivity index (χ1n) is 5.75. The largest absolute Gasteiger partial charge is 0.480 e. The minimum absolute atomic E-state index is 0.0661. The number of hydrogen-bond acceptors (Lipinski definition) is 3. The molecule has 6 nitrogen and oxygen atoms in total. The molecule has 1 aliphatic heterocycles. The van der Waals surface area contributed by atoms with Gasteiger partial charge in [0.1, 0.15) is 0 Å². The number of carbonyl (C=O) groups is 2. The van der Waals surface area contributed by atoms with Gasteiger partial charge >= 0.3 is 12.0 Å². The Morgan fingerprint density at radius 1 is 1.53 bits per heavy atom. The second-order valence-electron chi connectivity index (χ2n) is 4.68. The second kappa shape index (κ2) is 5.86. The fourth-order valence-electron chi connectivity index (χ4n) is 1.88. The van der Waals surface area contributed by atoms with Crippen molar-refractivity contribution in [3.05, 3.63) is 0 Å². The van der Waals surface area contributed by atoms with E-state index in [4.69, 9.17) is 9.84 Å². The highest BCUT2D eigenvalue weighted by Crippen LogP contribution is 2.11. The molecule has 1 atom stereocenters. The summed E-state index contributed by atoms with van der Waals surface area (Å²) >= 11 is 0. The van der Waals surface area contributed by atoms with Crippen molar-refractivity contribution in [3.63, 3.8) is 0 Å². The lowest BCUT2D eigenvalue weighted by Crippen LogP contribution is -2.56. The molecule has 1 aliphatic rings. The molecule has 6 heteroatoms. The van der Waals surface area contributed by atoms with Gasteiger partial charge in [0.15, 0.2) is 6.04 Å². The van der Waals surface area contributed by atoms with E-state index in [1.54, 1.807) is 11.9 Å². The Bertz CT molecular complexity index is 293. The molecule has 0 saturated carbocycles. The zero-order chi connectivity index (χ0) is 13.0. The van der Waals surface area contributed by atoms with E-state index >= 15 is 0 Å². The summed E-state index contributed by atoms with van der Waals surface area (Å²) in [5.41, 5.74) is 0. The summed E-state index contributed by atoms with van der Waals surface area (Å²) in [6, 6.07) is -1.11. The molecule has 1 saturated heterocycles. The zero-order valence-electron chi connectivity index (χ0n) is 10.5. The van der Waals surface area contributed by atoms with Crippen molar-refractivity contribution in [2.45, 2.75) is 19.9 Å². The molecule has 1 N–H and O–H groups in total. The first kappa shape index (κ1) is 13.8. The number of carbonyl (C=O) groups excluding carboxylic acids is 1. The highest BCUT2D eigenvalue weighted by atomic mass is 16.5. The number of urea groups is 1. The molecule has 2 amide bonds. The lowest BCUT2D eigenvalue weighted by atomic mass is 10.2. The Kier molecular flexibility index (Phi) is 4.74. The number of carboxylic acids is 1. The fraction of sp³-hybridized carbons (Fsp3) is 0.818. The van der Waals surface area contributed by atoms with Crippen LogP contribution in [0.15, 0.2) is 0 Å². The molecule has 0 aliphatic carbocycles. The molecule has 0 aromatic heterocycles. The van der Waals surface area contributed by atoms with E-state index in [-0.39, 0.29) is 12.6 Å². The van der Waals surface area contributed by atoms with Crippen LogP contribution in [0.3, 0.4) is 0 Å². The third-order valence-corrected chi connectivity index (χ3v) is 2.62. The molecule has 98 valence electrons. The third-order valence-electron chi connectivity index (χ3n) is 2.62. The van der Waals surface area contributed by atoms with Gasteiger partial charge in [-0.3, -0.25) is 0 Å². The Morgan fingerprint density at radius 2 is 2.18 bits per heavy atom. The van der Waals surface area contributed by atoms with E-state index < -0.39 is 12.0 Å². The van der Waals surface area contributed by atoms with Gasteiger partial charge in [-0.25, -0.2) is 9.59 Å². The van der Waals surface area contributed by atoms with Gasteiger partial charge < -0.3 is 19.6 Å². The number of hydrogen-bond donors (Lipinski definition) is 1. The first-order valence-corrected chi connectivity index (χ1v) is 5.75. The van der Waals surface area contributed by atoms with Crippen molar-refractivity contribution >= 4 is 12.0 Å². The molecule has 1 unspecified atom stereocenters. The van der Waals surface area contributed by atoms with Crippen LogP contribution in [0.1, 0.15) is 13.8 Å². The molecule has 1 heterocycles. The van der Waals surface area contributed by atoms with Crippen LogP contribution >= 0.6 is 0 Å². The van der Waals surface area contributed by atoms with Crippen molar-refractivity contribution in [1.29, 1.82) is 0 Å². The summed E-state index contributed by atoms with van der Waals surface area (Å²) in [7, 11) is 1.69. The Balaban J connectivity index is 2.67. The second-order valence-corrected chi connectivity index (χ2v) is 4.68. The summed E-state index contributed by atoms with van der Waals surface area (Å²) in [5, 5.41) is 9.03. The van der Waals surface area contributed by atoms with Crippen LogP contribution in [0.5, 0.6) is 0 Å². The smallest absolute Gasteiger partial charge is 0.328 e. The third kappa shape index (κ3) is 3.59. The average Bonchev–Trinajstić information content (AvgIpc) is 2.27. The minimum Gasteiger partial charge on any atom is -0.480 e. The predicted octanol–water partition coefficient (Wildman–Crippen LogP) is 0.480. The van der Waals surface area contributed by atoms with E-state index in [1.807, 2.05) is 13.8 Å². The van der Waals surface area contributed by atoms with Gasteiger partial charge in [-0.15, -0.1) is 0 Å². The van der Waals surface area contributed by atoms with Gasteiger partial charge in [0, 0.05) is 20.1 Å². The van der Waals surface area contributed by atoms with Gasteiger partial charge in [-0.05, 0) is 5.92 Å². The van der Waals surface area contributed by atoms with Gasteiger partial charge in [0.05, 0.1) is 13.2 Å². The Morgan fingerprint density at radius 3 is 2.71 bits per heavy atom. The summed E-state index contributed by atoms with van der Waals surface area (Å²) in [6.45, 7) is 5.43. The standard InChI is InChI=1S/C11H20N2O4/c1-8(2)6-12(3)11(16)13-4-5-17-7-9(13)10(14)15/h8-9H,4-7H2,1-3H3,(H,14,15). The monoisotopic (exact) mass is 244 g/mol. The summed E-state index contributed by atoms with van der Waals surface area (Å²) in [6.07, 6.45) is 0. The maximum Gasteiger partial charge on any atom is 0.328 e. The number of aliphatic carboxylic acids is 1. The topological polar surface area (TPSA) is 70.1 Å². The SMILES string of the molecule is CC(C)CN(C)C(=O)N1CCOCC1C(=O)O. The van der Waals surface area contributed by atoms with E-state index in [1.165, 1.54) is 4.90 Å². The number of rotatable bonds is 3. The van der Waals surface area contributed by atoms with E-state index in [2.05, 4.69) is 0 Å². The normalized spacial score (nSPS) is 20.5. The van der Waals surface area contributed by atoms with E-state index in [0.29, 0.717) is 25.6 Å². The molecule has 1 rings (SSSR count). The highest BCUT2D eigenvalue weighted by Gasteiger charge is 2.34. The number of amides is 2. The summed E-state index contributed by atoms with van der Waals surface area (Å²) in [5.74, 6) is -0.663. The number of ether oxygens (including phenoxy) is 1. The molecular formula is C11H20N2O4. The van der Waals surface area contributed by atoms with Crippen molar-refractivity contribution in [2.75, 3.05) is 33.4 Å². The summed E-state index contributed by atoms with van der Waals surface area (Å²) in [4.78, 5) is 26.0. The quantitative estimate of drug-likeness (QED) is 0.784. The lowest BCUT2D eigenvalue weighted by Gasteiger charge is -2.36. The van der Waals surface area contributed by atoms with Crippen LogP contribution in [-0.2, 0) is 9.53 Å². The van der Waals surface area contributed by atoms with Crippen molar-refractivity contribution in [3.8, 4) is 0 Å². The highest BCUT2D eigenvalue weighted by molar-refractivity contribution is 5.82. The predicted molar refractivity (Wildman–Crippen MR) is 61.8 cm³/mol. The number of carboxylic acid groups (broad SMARTS) is 1. The van der Waals surface area contributed by atoms with Gasteiger partial charge in [-0.2, -0.15) is 0 Å². The van der Waals surface area contributed by atoms with Crippen LogP contribution in [-0.4, -0.2) is 66.3 Å². The fourth-order valence-corrected chi connectivity index (χ4v) is 1.88. The van der Waals surface area contributed by atoms with Crippen LogP contribution < -0.4 is 0 Å². The Labute approximate surface area is 101 Å². The lowest BCUT2D eigenvalue weighted by molar-refractivity contribution is -0.147. The molecule has 1 fully saturated rings. The van der Waals surface area contributed by atoms with Crippen LogP contribution in [0, 0.1) is 5.92 Å². The minimum atomic E-state index is -1.02. The van der Waals surface area contributed by atoms with E-state index in [9.17, 15) is 9.59 Å². The molecule has 0 spiro atoms. The maximum absolute atomic E-state index is 12.1. The van der Waals surface area contributed by atoms with Crippen molar-refractivity contribution < 1.29 is 19.4 Å². The molecule has 0 aromatic rings. The Hall–Kier alpha value is -1.30. The van der Waals surface area contributed by atoms with Gasteiger partial charge in [0.2, 0.25) is 0 Å². The van der Waals surface area contributed by atoms with Crippen molar-refractivity contribution in [2.24, 2.45) is 5.92 Å². The molecule has 0 radical (unpaired) electrons. The van der Waals surface area contributed by atoms with Gasteiger partial charge in [0.25, 0.3) is 0 Å². The molecule has 17 heavy (non-hydrogen) atoms. The number of nitrogens with zero attached hydrogens (tertiary/aromatic N) is 2. The van der Waals surface area contributed by atoms with E-state index in [0.717, 1.165) is 0 Å². The van der Waals surface area contributed by atoms with Crippen molar-refractivity contribution in [1.82, 2.24) is 9.80 Å². The average molecular weight is 244 g/mol. The van der Waals surface area contributed by atoms with Crippen LogP contribution in [0.25, 0.3) is 0 Å². The van der Waals surface area contributed by atoms with Gasteiger partial charge in [-0.1, -0.05) is 13.8 Å². The zero-order valence-corrected chi connectivity index (χ0v) is 10.5.